The van der Waals surface area contributed by atoms with E-state index in [4.69, 9.17) is 5.11 Å². The standard InChI is InChI=1S/C10H8N2O2S3/c13-9(14)2-1-7-3-8(15-4-7)5-16-10-12-11-6-17-10/h1-4,6H,5H2,(H,13,14). The van der Waals surface area contributed by atoms with Gasteiger partial charge in [0.25, 0.3) is 0 Å². The molecule has 7 heteroatoms. The van der Waals surface area contributed by atoms with Crippen molar-refractivity contribution in [2.45, 2.75) is 10.1 Å². The molecule has 0 atom stereocenters. The summed E-state index contributed by atoms with van der Waals surface area (Å²) in [6.07, 6.45) is 2.74. The Labute approximate surface area is 110 Å². The molecule has 0 bridgehead atoms. The van der Waals surface area contributed by atoms with Gasteiger partial charge in [-0.25, -0.2) is 4.79 Å². The zero-order valence-electron chi connectivity index (χ0n) is 8.57. The summed E-state index contributed by atoms with van der Waals surface area (Å²) < 4.78 is 0.945. The highest BCUT2D eigenvalue weighted by Gasteiger charge is 2.02. The number of nitrogens with zero attached hydrogens (tertiary/aromatic N) is 2. The lowest BCUT2D eigenvalue weighted by Crippen LogP contribution is -1.84. The summed E-state index contributed by atoms with van der Waals surface area (Å²) in [5.41, 5.74) is 2.63. The fourth-order valence-electron chi connectivity index (χ4n) is 1.09. The van der Waals surface area contributed by atoms with Crippen LogP contribution in [0.5, 0.6) is 0 Å². The molecule has 0 amide bonds. The number of carboxylic acids is 1. The molecule has 1 N–H and O–H groups in total. The van der Waals surface area contributed by atoms with Crippen LogP contribution < -0.4 is 0 Å². The third kappa shape index (κ3) is 3.95. The number of aromatic nitrogens is 2. The molecule has 2 aromatic rings. The Morgan fingerprint density at radius 2 is 2.41 bits per heavy atom. The summed E-state index contributed by atoms with van der Waals surface area (Å²) in [4.78, 5) is 11.5. The van der Waals surface area contributed by atoms with Crippen LogP contribution in [0.15, 0.2) is 27.4 Å². The van der Waals surface area contributed by atoms with Gasteiger partial charge in [-0.2, -0.15) is 0 Å². The van der Waals surface area contributed by atoms with Gasteiger partial charge in [0.15, 0.2) is 4.34 Å². The SMILES string of the molecule is O=C(O)C=Cc1csc(CSc2nncs2)c1. The fraction of sp³-hybridized carbons (Fsp3) is 0.100. The first kappa shape index (κ1) is 12.3. The van der Waals surface area contributed by atoms with Crippen molar-refractivity contribution in [3.8, 4) is 0 Å². The molecule has 2 heterocycles. The lowest BCUT2D eigenvalue weighted by molar-refractivity contribution is -0.131. The molecule has 0 spiro atoms. The topological polar surface area (TPSA) is 63.1 Å². The van der Waals surface area contributed by atoms with Gasteiger partial charge in [-0.1, -0.05) is 23.1 Å². The van der Waals surface area contributed by atoms with Gasteiger partial charge in [-0.05, 0) is 23.1 Å². The van der Waals surface area contributed by atoms with Crippen LogP contribution >= 0.6 is 34.4 Å². The molecule has 88 valence electrons. The fourth-order valence-corrected chi connectivity index (χ4v) is 3.48. The van der Waals surface area contributed by atoms with Crippen molar-refractivity contribution in [3.05, 3.63) is 33.5 Å². The first-order valence-corrected chi connectivity index (χ1v) is 7.36. The van der Waals surface area contributed by atoms with Gasteiger partial charge >= 0.3 is 5.97 Å². The first-order valence-electron chi connectivity index (χ1n) is 4.61. The summed E-state index contributed by atoms with van der Waals surface area (Å²) in [5, 5.41) is 18.2. The van der Waals surface area contributed by atoms with E-state index in [1.165, 1.54) is 16.2 Å². The highest BCUT2D eigenvalue weighted by atomic mass is 32.2. The summed E-state index contributed by atoms with van der Waals surface area (Å²) in [5.74, 6) is -0.0955. The number of rotatable bonds is 5. The van der Waals surface area contributed by atoms with E-state index >= 15 is 0 Å². The summed E-state index contributed by atoms with van der Waals surface area (Å²) >= 11 is 4.76. The summed E-state index contributed by atoms with van der Waals surface area (Å²) in [7, 11) is 0. The van der Waals surface area contributed by atoms with Crippen LogP contribution in [0, 0.1) is 0 Å². The quantitative estimate of drug-likeness (QED) is 0.675. The van der Waals surface area contributed by atoms with E-state index in [-0.39, 0.29) is 0 Å². The minimum absolute atomic E-state index is 0.834. The predicted octanol–water partition coefficient (Wildman–Crippen LogP) is 2.99. The minimum atomic E-state index is -0.930. The number of carboxylic acid groups (broad SMARTS) is 1. The Hall–Kier alpha value is -1.18. The number of hydrogen-bond donors (Lipinski definition) is 1. The van der Waals surface area contributed by atoms with E-state index in [1.807, 2.05) is 11.4 Å². The second kappa shape index (κ2) is 5.95. The van der Waals surface area contributed by atoms with Crippen molar-refractivity contribution >= 4 is 46.5 Å². The molecular weight excluding hydrogens is 276 g/mol. The molecule has 2 aromatic heterocycles. The van der Waals surface area contributed by atoms with Gasteiger partial charge in [0, 0.05) is 16.7 Å². The Kier molecular flexibility index (Phi) is 4.29. The Morgan fingerprint density at radius 3 is 3.12 bits per heavy atom. The Balaban J connectivity index is 1.92. The number of hydrogen-bond acceptors (Lipinski definition) is 6. The average molecular weight is 284 g/mol. The maximum atomic E-state index is 10.4. The highest BCUT2D eigenvalue weighted by Crippen LogP contribution is 2.27. The van der Waals surface area contributed by atoms with Gasteiger partial charge in [-0.15, -0.1) is 21.5 Å². The van der Waals surface area contributed by atoms with Crippen molar-refractivity contribution in [1.29, 1.82) is 0 Å². The maximum Gasteiger partial charge on any atom is 0.328 e. The van der Waals surface area contributed by atoms with Gasteiger partial charge < -0.3 is 5.11 Å². The van der Waals surface area contributed by atoms with Crippen molar-refractivity contribution in [2.24, 2.45) is 0 Å². The monoisotopic (exact) mass is 284 g/mol. The lowest BCUT2D eigenvalue weighted by atomic mass is 10.3. The molecule has 0 saturated heterocycles. The average Bonchev–Trinajstić information content (AvgIpc) is 2.95. The molecule has 0 radical (unpaired) electrons. The maximum absolute atomic E-state index is 10.4. The zero-order chi connectivity index (χ0) is 12.1. The zero-order valence-corrected chi connectivity index (χ0v) is 11.0. The highest BCUT2D eigenvalue weighted by molar-refractivity contribution is 8.00. The number of thioether (sulfide) groups is 1. The first-order chi connectivity index (χ1) is 8.24. The molecule has 4 nitrogen and oxygen atoms in total. The Morgan fingerprint density at radius 1 is 1.53 bits per heavy atom. The van der Waals surface area contributed by atoms with E-state index in [0.29, 0.717) is 0 Å². The third-order valence-corrected chi connectivity index (χ3v) is 4.82. The van der Waals surface area contributed by atoms with Gasteiger partial charge in [-0.3, -0.25) is 0 Å². The number of aliphatic carboxylic acids is 1. The van der Waals surface area contributed by atoms with Crippen molar-refractivity contribution in [1.82, 2.24) is 10.2 Å². The van der Waals surface area contributed by atoms with Crippen molar-refractivity contribution in [3.63, 3.8) is 0 Å². The molecule has 2 rings (SSSR count). The van der Waals surface area contributed by atoms with Crippen molar-refractivity contribution < 1.29 is 9.90 Å². The largest absolute Gasteiger partial charge is 0.478 e. The van der Waals surface area contributed by atoms with E-state index in [2.05, 4.69) is 10.2 Å². The summed E-state index contributed by atoms with van der Waals surface area (Å²) in [6.45, 7) is 0. The molecule has 0 fully saturated rings. The lowest BCUT2D eigenvalue weighted by Gasteiger charge is -1.91. The predicted molar refractivity (Wildman–Crippen MR) is 70.5 cm³/mol. The second-order valence-electron chi connectivity index (χ2n) is 3.01. The van der Waals surface area contributed by atoms with Gasteiger partial charge in [0.1, 0.15) is 5.51 Å². The smallest absolute Gasteiger partial charge is 0.328 e. The minimum Gasteiger partial charge on any atom is -0.478 e. The molecule has 0 saturated carbocycles. The van der Waals surface area contributed by atoms with Crippen LogP contribution in [0.4, 0.5) is 0 Å². The van der Waals surface area contributed by atoms with Crippen LogP contribution in [0.1, 0.15) is 10.4 Å². The molecule has 0 unspecified atom stereocenters. The molecule has 0 aliphatic heterocycles. The number of thiophene rings is 1. The van der Waals surface area contributed by atoms with E-state index < -0.39 is 5.97 Å². The summed E-state index contributed by atoms with van der Waals surface area (Å²) in [6, 6.07) is 1.98. The Bertz CT molecular complexity index is 519. The third-order valence-electron chi connectivity index (χ3n) is 1.77. The van der Waals surface area contributed by atoms with E-state index in [1.54, 1.807) is 34.7 Å². The van der Waals surface area contributed by atoms with Crippen molar-refractivity contribution in [2.75, 3.05) is 0 Å². The van der Waals surface area contributed by atoms with Gasteiger partial charge in [0.05, 0.1) is 0 Å². The van der Waals surface area contributed by atoms with Crippen LogP contribution in [-0.2, 0) is 10.5 Å². The van der Waals surface area contributed by atoms with E-state index in [0.717, 1.165) is 21.7 Å². The molecule has 0 aromatic carbocycles. The van der Waals surface area contributed by atoms with Crippen LogP contribution in [0.2, 0.25) is 0 Å². The molecular formula is C10H8N2O2S3. The van der Waals surface area contributed by atoms with Crippen LogP contribution in [-0.4, -0.2) is 21.3 Å². The second-order valence-corrected chi connectivity index (χ2v) is 6.06. The van der Waals surface area contributed by atoms with Crippen LogP contribution in [0.3, 0.4) is 0 Å². The van der Waals surface area contributed by atoms with Gasteiger partial charge in [0.2, 0.25) is 0 Å². The van der Waals surface area contributed by atoms with E-state index in [9.17, 15) is 4.79 Å². The normalized spacial score (nSPS) is 11.1. The molecule has 0 aliphatic carbocycles. The van der Waals surface area contributed by atoms with Crippen LogP contribution in [0.25, 0.3) is 6.08 Å². The molecule has 0 aliphatic rings. The molecule has 17 heavy (non-hydrogen) atoms. The number of carbonyl (C=O) groups is 1.